The number of para-hydroxylation sites is 3. The molecule has 6 heteroatoms. The number of hydrogen-bond acceptors (Lipinski definition) is 5. The summed E-state index contributed by atoms with van der Waals surface area (Å²) in [5.74, 6) is 1.80. The third kappa shape index (κ3) is 4.82. The number of anilines is 1. The van der Waals surface area contributed by atoms with E-state index >= 15 is 0 Å². The van der Waals surface area contributed by atoms with E-state index < -0.39 is 0 Å². The lowest BCUT2D eigenvalue weighted by Gasteiger charge is -2.35. The minimum absolute atomic E-state index is 0. The molecule has 1 aliphatic heterocycles. The van der Waals surface area contributed by atoms with Gasteiger partial charge < -0.3 is 14.4 Å². The minimum atomic E-state index is 0. The normalized spacial score (nSPS) is 14.2. The Kier molecular flexibility index (Phi) is 7.60. The van der Waals surface area contributed by atoms with Crippen molar-refractivity contribution in [2.24, 2.45) is 5.10 Å². The Bertz CT molecular complexity index is 716. The Labute approximate surface area is 161 Å². The van der Waals surface area contributed by atoms with E-state index in [1.807, 2.05) is 55.6 Å². The van der Waals surface area contributed by atoms with E-state index in [0.717, 1.165) is 48.9 Å². The first-order valence-electron chi connectivity index (χ1n) is 8.70. The van der Waals surface area contributed by atoms with Gasteiger partial charge in [0, 0.05) is 18.7 Å². The van der Waals surface area contributed by atoms with Crippen LogP contribution in [0.1, 0.15) is 12.5 Å². The Morgan fingerprint density at radius 3 is 2.31 bits per heavy atom. The fourth-order valence-corrected chi connectivity index (χ4v) is 2.96. The maximum atomic E-state index is 5.65. The average molecular weight is 376 g/mol. The molecular weight excluding hydrogens is 350 g/mol. The number of halogens is 1. The van der Waals surface area contributed by atoms with Gasteiger partial charge in [0.25, 0.3) is 0 Å². The van der Waals surface area contributed by atoms with Crippen molar-refractivity contribution in [1.82, 2.24) is 5.01 Å². The minimum Gasteiger partial charge on any atom is -0.495 e. The van der Waals surface area contributed by atoms with Crippen molar-refractivity contribution in [3.05, 3.63) is 54.1 Å². The highest BCUT2D eigenvalue weighted by Gasteiger charge is 2.18. The van der Waals surface area contributed by atoms with Crippen LogP contribution in [-0.4, -0.2) is 51.1 Å². The van der Waals surface area contributed by atoms with Crippen molar-refractivity contribution in [3.63, 3.8) is 0 Å². The second-order valence-corrected chi connectivity index (χ2v) is 5.83. The summed E-state index contributed by atoms with van der Waals surface area (Å²) in [6, 6.07) is 16.1. The third-order valence-electron chi connectivity index (χ3n) is 4.26. The lowest BCUT2D eigenvalue weighted by atomic mass is 10.2. The summed E-state index contributed by atoms with van der Waals surface area (Å²) >= 11 is 0. The quantitative estimate of drug-likeness (QED) is 0.722. The molecule has 3 rings (SSSR count). The molecule has 0 atom stereocenters. The number of rotatable bonds is 6. The number of hydrogen-bond donors (Lipinski definition) is 0. The van der Waals surface area contributed by atoms with Gasteiger partial charge in [-0.25, -0.2) is 0 Å². The second kappa shape index (κ2) is 9.92. The molecule has 1 fully saturated rings. The van der Waals surface area contributed by atoms with Crippen LogP contribution in [0.2, 0.25) is 0 Å². The van der Waals surface area contributed by atoms with Crippen LogP contribution in [0.25, 0.3) is 0 Å². The van der Waals surface area contributed by atoms with Crippen molar-refractivity contribution < 1.29 is 9.47 Å². The van der Waals surface area contributed by atoms with E-state index in [9.17, 15) is 0 Å². The first-order valence-corrected chi connectivity index (χ1v) is 8.70. The lowest BCUT2D eigenvalue weighted by molar-refractivity contribution is 0.271. The molecule has 0 unspecified atom stereocenters. The Balaban J connectivity index is 0.00000243. The topological polar surface area (TPSA) is 37.3 Å². The number of hydrazone groups is 1. The Morgan fingerprint density at radius 2 is 1.62 bits per heavy atom. The summed E-state index contributed by atoms with van der Waals surface area (Å²) in [5.41, 5.74) is 2.16. The Hall–Kier alpha value is -2.40. The highest BCUT2D eigenvalue weighted by molar-refractivity contribution is 5.85. The standard InChI is InChI=1S/C20H25N3O2.ClH/c1-3-25-19-10-6-4-8-17(19)16-21-23-14-12-22(13-15-23)18-9-5-7-11-20(18)24-2;/h4-11,16H,3,12-15H2,1-2H3;1H/b21-16-;. The fraction of sp³-hybridized carbons (Fsp3) is 0.350. The van der Waals surface area contributed by atoms with E-state index in [-0.39, 0.29) is 12.4 Å². The first-order chi connectivity index (χ1) is 12.3. The molecule has 2 aromatic carbocycles. The molecule has 0 aliphatic carbocycles. The van der Waals surface area contributed by atoms with Crippen LogP contribution in [0.3, 0.4) is 0 Å². The summed E-state index contributed by atoms with van der Waals surface area (Å²) in [4.78, 5) is 2.35. The molecule has 1 heterocycles. The maximum absolute atomic E-state index is 5.65. The van der Waals surface area contributed by atoms with Gasteiger partial charge >= 0.3 is 0 Å². The van der Waals surface area contributed by atoms with Gasteiger partial charge in [0.2, 0.25) is 0 Å². The van der Waals surface area contributed by atoms with E-state index in [1.54, 1.807) is 7.11 Å². The lowest BCUT2D eigenvalue weighted by Crippen LogP contribution is -2.44. The third-order valence-corrected chi connectivity index (χ3v) is 4.26. The first kappa shape index (κ1) is 19.9. The van der Waals surface area contributed by atoms with Crippen LogP contribution in [-0.2, 0) is 0 Å². The van der Waals surface area contributed by atoms with Crippen molar-refractivity contribution in [1.29, 1.82) is 0 Å². The smallest absolute Gasteiger partial charge is 0.142 e. The van der Waals surface area contributed by atoms with E-state index in [1.165, 1.54) is 0 Å². The monoisotopic (exact) mass is 375 g/mol. The molecule has 0 N–H and O–H groups in total. The van der Waals surface area contributed by atoms with Crippen LogP contribution in [0.5, 0.6) is 11.5 Å². The van der Waals surface area contributed by atoms with Crippen LogP contribution in [0, 0.1) is 0 Å². The summed E-state index contributed by atoms with van der Waals surface area (Å²) in [6.07, 6.45) is 1.89. The summed E-state index contributed by atoms with van der Waals surface area (Å²) in [6.45, 7) is 6.25. The van der Waals surface area contributed by atoms with Crippen LogP contribution < -0.4 is 14.4 Å². The molecule has 2 aromatic rings. The SMILES string of the molecule is CCOc1ccccc1/C=N\N1CCN(c2ccccc2OC)CC1.Cl. The van der Waals surface area contributed by atoms with E-state index in [4.69, 9.17) is 9.47 Å². The predicted octanol–water partition coefficient (Wildman–Crippen LogP) is 3.67. The van der Waals surface area contributed by atoms with Gasteiger partial charge in [-0.1, -0.05) is 24.3 Å². The van der Waals surface area contributed by atoms with Crippen LogP contribution in [0.4, 0.5) is 5.69 Å². The zero-order valence-corrected chi connectivity index (χ0v) is 16.1. The van der Waals surface area contributed by atoms with E-state index in [0.29, 0.717) is 6.61 Å². The zero-order chi connectivity index (χ0) is 17.5. The van der Waals surface area contributed by atoms with Crippen molar-refractivity contribution in [2.45, 2.75) is 6.92 Å². The highest BCUT2D eigenvalue weighted by atomic mass is 35.5. The summed E-state index contributed by atoms with van der Waals surface area (Å²) in [5, 5.41) is 6.74. The van der Waals surface area contributed by atoms with Crippen molar-refractivity contribution in [3.8, 4) is 11.5 Å². The molecule has 0 saturated carbocycles. The second-order valence-electron chi connectivity index (χ2n) is 5.83. The van der Waals surface area contributed by atoms with Gasteiger partial charge in [-0.3, -0.25) is 5.01 Å². The molecule has 0 amide bonds. The average Bonchev–Trinajstić information content (AvgIpc) is 2.68. The molecule has 0 spiro atoms. The molecule has 0 bridgehead atoms. The van der Waals surface area contributed by atoms with E-state index in [2.05, 4.69) is 21.1 Å². The molecule has 5 nitrogen and oxygen atoms in total. The molecule has 0 radical (unpaired) electrons. The van der Waals surface area contributed by atoms with Gasteiger partial charge in [0.05, 0.1) is 38.7 Å². The predicted molar refractivity (Wildman–Crippen MR) is 109 cm³/mol. The number of nitrogens with zero attached hydrogens (tertiary/aromatic N) is 3. The van der Waals surface area contributed by atoms with Crippen LogP contribution in [0.15, 0.2) is 53.6 Å². The molecular formula is C20H26ClN3O2. The highest BCUT2D eigenvalue weighted by Crippen LogP contribution is 2.28. The number of benzene rings is 2. The van der Waals surface area contributed by atoms with Gasteiger partial charge in [-0.2, -0.15) is 5.10 Å². The molecule has 26 heavy (non-hydrogen) atoms. The summed E-state index contributed by atoms with van der Waals surface area (Å²) in [7, 11) is 1.72. The molecule has 1 aliphatic rings. The summed E-state index contributed by atoms with van der Waals surface area (Å²) < 4.78 is 11.1. The van der Waals surface area contributed by atoms with Gasteiger partial charge in [0.15, 0.2) is 0 Å². The van der Waals surface area contributed by atoms with Crippen molar-refractivity contribution in [2.75, 3.05) is 44.8 Å². The number of methoxy groups -OCH3 is 1. The molecule has 0 aromatic heterocycles. The van der Waals surface area contributed by atoms with Gasteiger partial charge in [-0.15, -0.1) is 12.4 Å². The van der Waals surface area contributed by atoms with Crippen molar-refractivity contribution >= 4 is 24.3 Å². The fourth-order valence-electron chi connectivity index (χ4n) is 2.96. The molecule has 140 valence electrons. The van der Waals surface area contributed by atoms with Gasteiger partial charge in [-0.05, 0) is 31.2 Å². The maximum Gasteiger partial charge on any atom is 0.142 e. The number of piperazine rings is 1. The molecule has 1 saturated heterocycles. The number of ether oxygens (including phenoxy) is 2. The van der Waals surface area contributed by atoms with Crippen LogP contribution >= 0.6 is 12.4 Å². The Morgan fingerprint density at radius 1 is 0.962 bits per heavy atom. The largest absolute Gasteiger partial charge is 0.495 e. The van der Waals surface area contributed by atoms with Gasteiger partial charge in [0.1, 0.15) is 11.5 Å². The zero-order valence-electron chi connectivity index (χ0n) is 15.3.